The van der Waals surface area contributed by atoms with Gasteiger partial charge in [-0.15, -0.1) is 0 Å². The number of methoxy groups -OCH3 is 3. The number of carbonyl (C=O) groups excluding carboxylic acids is 3. The number of rotatable bonds is 9. The minimum atomic E-state index is -3.97. The van der Waals surface area contributed by atoms with E-state index in [2.05, 4.69) is 14.2 Å². The van der Waals surface area contributed by atoms with E-state index in [1.165, 1.54) is 19.2 Å². The van der Waals surface area contributed by atoms with Crippen molar-refractivity contribution in [2.24, 2.45) is 0 Å². The summed E-state index contributed by atoms with van der Waals surface area (Å²) in [6.07, 6.45) is 0. The SMILES string of the molecule is COC(=O)CN(CC(=O)OC)C(=O)c1ccc(OC)c(S(=O)(=O)NC(C)C)c1. The first-order valence-corrected chi connectivity index (χ1v) is 9.67. The molecule has 156 valence electrons. The summed E-state index contributed by atoms with van der Waals surface area (Å²) in [4.78, 5) is 36.6. The molecule has 0 heterocycles. The number of benzene rings is 1. The summed E-state index contributed by atoms with van der Waals surface area (Å²) in [5.41, 5.74) is -0.0577. The molecule has 0 radical (unpaired) electrons. The number of esters is 2. The lowest BCUT2D eigenvalue weighted by Crippen LogP contribution is -2.40. The molecular weight excluding hydrogens is 392 g/mol. The van der Waals surface area contributed by atoms with Crippen molar-refractivity contribution in [3.8, 4) is 5.75 Å². The van der Waals surface area contributed by atoms with E-state index in [0.717, 1.165) is 25.2 Å². The van der Waals surface area contributed by atoms with Crippen molar-refractivity contribution in [3.05, 3.63) is 23.8 Å². The average Bonchev–Trinajstić information content (AvgIpc) is 2.64. The molecule has 1 aromatic carbocycles. The Kier molecular flexibility index (Phi) is 8.38. The molecule has 0 aliphatic carbocycles. The number of carbonyl (C=O) groups is 3. The molecule has 0 bridgehead atoms. The van der Waals surface area contributed by atoms with Gasteiger partial charge in [0.15, 0.2) is 0 Å². The van der Waals surface area contributed by atoms with Crippen LogP contribution in [-0.4, -0.2) is 71.6 Å². The van der Waals surface area contributed by atoms with Crippen molar-refractivity contribution in [1.82, 2.24) is 9.62 Å². The molecule has 1 rings (SSSR count). The maximum atomic E-state index is 12.8. The number of nitrogens with one attached hydrogen (secondary N) is 1. The Balaban J connectivity index is 3.35. The maximum Gasteiger partial charge on any atom is 0.325 e. The van der Waals surface area contributed by atoms with Gasteiger partial charge in [0, 0.05) is 11.6 Å². The zero-order chi connectivity index (χ0) is 21.5. The summed E-state index contributed by atoms with van der Waals surface area (Å²) in [6, 6.07) is 3.38. The Morgan fingerprint density at radius 3 is 2.00 bits per heavy atom. The fourth-order valence-electron chi connectivity index (χ4n) is 2.22. The number of ether oxygens (including phenoxy) is 3. The van der Waals surface area contributed by atoms with Crippen molar-refractivity contribution in [3.63, 3.8) is 0 Å². The highest BCUT2D eigenvalue weighted by atomic mass is 32.2. The molecule has 1 N–H and O–H groups in total. The molecule has 0 saturated carbocycles. The molecule has 0 unspecified atom stereocenters. The molecule has 0 aliphatic rings. The highest BCUT2D eigenvalue weighted by Crippen LogP contribution is 2.25. The normalized spacial score (nSPS) is 11.1. The van der Waals surface area contributed by atoms with Crippen molar-refractivity contribution >= 4 is 27.9 Å². The maximum absolute atomic E-state index is 12.8. The van der Waals surface area contributed by atoms with E-state index in [-0.39, 0.29) is 22.3 Å². The topological polar surface area (TPSA) is 128 Å². The van der Waals surface area contributed by atoms with E-state index in [1.807, 2.05) is 0 Å². The summed E-state index contributed by atoms with van der Waals surface area (Å²) in [5, 5.41) is 0. The van der Waals surface area contributed by atoms with Gasteiger partial charge in [0.25, 0.3) is 5.91 Å². The average molecular weight is 416 g/mol. The Bertz CT molecular complexity index is 818. The summed E-state index contributed by atoms with van der Waals surface area (Å²) < 4.78 is 41.6. The van der Waals surface area contributed by atoms with Gasteiger partial charge in [-0.1, -0.05) is 0 Å². The standard InChI is InChI=1S/C17H24N2O8S/c1-11(2)18-28(23,24)14-8-12(6-7-13(14)25-3)17(22)19(9-15(20)26-4)10-16(21)27-5/h6-8,11,18H,9-10H2,1-5H3. The number of hydrogen-bond acceptors (Lipinski definition) is 8. The van der Waals surface area contributed by atoms with Gasteiger partial charge in [-0.25, -0.2) is 13.1 Å². The molecule has 0 spiro atoms. The molecule has 0 aliphatic heterocycles. The van der Waals surface area contributed by atoms with Crippen LogP contribution in [0.15, 0.2) is 23.1 Å². The van der Waals surface area contributed by atoms with E-state index in [4.69, 9.17) is 4.74 Å². The third-order valence-electron chi connectivity index (χ3n) is 3.47. The molecule has 1 amide bonds. The smallest absolute Gasteiger partial charge is 0.325 e. The van der Waals surface area contributed by atoms with Gasteiger partial charge < -0.3 is 19.1 Å². The van der Waals surface area contributed by atoms with E-state index < -0.39 is 41.0 Å². The minimum Gasteiger partial charge on any atom is -0.495 e. The van der Waals surface area contributed by atoms with Crippen LogP contribution in [0.3, 0.4) is 0 Å². The third kappa shape index (κ3) is 6.20. The number of amides is 1. The number of sulfonamides is 1. The highest BCUT2D eigenvalue weighted by Gasteiger charge is 2.26. The zero-order valence-electron chi connectivity index (χ0n) is 16.3. The van der Waals surface area contributed by atoms with Crippen LogP contribution in [0.4, 0.5) is 0 Å². The second-order valence-corrected chi connectivity index (χ2v) is 7.64. The van der Waals surface area contributed by atoms with Crippen molar-refractivity contribution < 1.29 is 37.0 Å². The van der Waals surface area contributed by atoms with E-state index >= 15 is 0 Å². The molecule has 0 fully saturated rings. The van der Waals surface area contributed by atoms with Gasteiger partial charge in [0.2, 0.25) is 10.0 Å². The largest absolute Gasteiger partial charge is 0.495 e. The van der Waals surface area contributed by atoms with E-state index in [9.17, 15) is 22.8 Å². The lowest BCUT2D eigenvalue weighted by Gasteiger charge is -2.21. The summed E-state index contributed by atoms with van der Waals surface area (Å²) in [5.74, 6) is -2.21. The van der Waals surface area contributed by atoms with Crippen LogP contribution < -0.4 is 9.46 Å². The molecule has 0 atom stereocenters. The van der Waals surface area contributed by atoms with Crippen molar-refractivity contribution in [1.29, 1.82) is 0 Å². The zero-order valence-corrected chi connectivity index (χ0v) is 17.2. The first-order chi connectivity index (χ1) is 13.0. The second-order valence-electron chi connectivity index (χ2n) is 5.96. The van der Waals surface area contributed by atoms with E-state index in [0.29, 0.717) is 0 Å². The predicted octanol–water partition coefficient (Wildman–Crippen LogP) is 0.170. The molecule has 10 nitrogen and oxygen atoms in total. The van der Waals surface area contributed by atoms with Crippen LogP contribution in [0, 0.1) is 0 Å². The van der Waals surface area contributed by atoms with Crippen molar-refractivity contribution in [2.75, 3.05) is 34.4 Å². The fraction of sp³-hybridized carbons (Fsp3) is 0.471. The van der Waals surface area contributed by atoms with Crippen LogP contribution >= 0.6 is 0 Å². The van der Waals surface area contributed by atoms with Gasteiger partial charge in [0.1, 0.15) is 23.7 Å². The van der Waals surface area contributed by atoms with Gasteiger partial charge in [-0.05, 0) is 32.0 Å². The molecule has 0 aromatic heterocycles. The van der Waals surface area contributed by atoms with Gasteiger partial charge in [-0.2, -0.15) is 0 Å². The lowest BCUT2D eigenvalue weighted by molar-refractivity contribution is -0.144. The summed E-state index contributed by atoms with van der Waals surface area (Å²) in [7, 11) is -0.395. The van der Waals surface area contributed by atoms with Gasteiger partial charge >= 0.3 is 11.9 Å². The first kappa shape index (κ1) is 23.4. The van der Waals surface area contributed by atoms with Crippen LogP contribution in [0.2, 0.25) is 0 Å². The molecular formula is C17H24N2O8S. The Labute approximate surface area is 163 Å². The Morgan fingerprint density at radius 1 is 1.04 bits per heavy atom. The van der Waals surface area contributed by atoms with Crippen LogP contribution in [-0.2, 0) is 29.1 Å². The highest BCUT2D eigenvalue weighted by molar-refractivity contribution is 7.89. The van der Waals surface area contributed by atoms with E-state index in [1.54, 1.807) is 13.8 Å². The molecule has 28 heavy (non-hydrogen) atoms. The third-order valence-corrected chi connectivity index (χ3v) is 5.15. The second kappa shape index (κ2) is 10.0. The first-order valence-electron chi connectivity index (χ1n) is 8.19. The monoisotopic (exact) mass is 416 g/mol. The summed E-state index contributed by atoms with van der Waals surface area (Å²) >= 11 is 0. The predicted molar refractivity (Wildman–Crippen MR) is 98.4 cm³/mol. The number of hydrogen-bond donors (Lipinski definition) is 1. The summed E-state index contributed by atoms with van der Waals surface area (Å²) in [6.45, 7) is 2.27. The lowest BCUT2D eigenvalue weighted by atomic mass is 10.2. The molecule has 0 saturated heterocycles. The number of nitrogens with zero attached hydrogens (tertiary/aromatic N) is 1. The quantitative estimate of drug-likeness (QED) is 0.564. The fourth-order valence-corrected chi connectivity index (χ4v) is 3.66. The van der Waals surface area contributed by atoms with Crippen LogP contribution in [0.5, 0.6) is 5.75 Å². The minimum absolute atomic E-state index is 0.0391. The Morgan fingerprint density at radius 2 is 1.57 bits per heavy atom. The van der Waals surface area contributed by atoms with Crippen LogP contribution in [0.1, 0.15) is 24.2 Å². The Hall–Kier alpha value is -2.66. The van der Waals surface area contributed by atoms with Crippen molar-refractivity contribution in [2.45, 2.75) is 24.8 Å². The van der Waals surface area contributed by atoms with Crippen LogP contribution in [0.25, 0.3) is 0 Å². The molecule has 1 aromatic rings. The molecule has 11 heteroatoms. The van der Waals surface area contributed by atoms with Gasteiger partial charge in [-0.3, -0.25) is 14.4 Å². The van der Waals surface area contributed by atoms with Gasteiger partial charge in [0.05, 0.1) is 21.3 Å².